The van der Waals surface area contributed by atoms with Crippen molar-refractivity contribution in [3.05, 3.63) is 35.4 Å². The average Bonchev–Trinajstić information content (AvgIpc) is 3.18. The highest BCUT2D eigenvalue weighted by molar-refractivity contribution is 5.87. The first-order valence-electron chi connectivity index (χ1n) is 9.30. The number of anilines is 2. The van der Waals surface area contributed by atoms with Gasteiger partial charge in [0.15, 0.2) is 11.6 Å². The van der Waals surface area contributed by atoms with Gasteiger partial charge in [0.25, 0.3) is 0 Å². The number of nitrogens with zero attached hydrogens (tertiary/aromatic N) is 6. The second kappa shape index (κ2) is 5.93. The standard InChI is InChI=1S/C19H23N7/c1-12-6-16-18(25(12)2)19(22-11-21-16)20-8-13-9-26(10-13)17-7-14-4-3-5-15(14)23-24-17/h6-7,11,13H,3-5,8-10H2,1-2H3,(H,20,21,22). The molecule has 0 unspecified atom stereocenters. The summed E-state index contributed by atoms with van der Waals surface area (Å²) in [5.41, 5.74) is 5.84. The summed E-state index contributed by atoms with van der Waals surface area (Å²) in [5, 5.41) is 12.3. The third-order valence-corrected chi connectivity index (χ3v) is 5.71. The molecule has 3 aromatic rings. The smallest absolute Gasteiger partial charge is 0.154 e. The van der Waals surface area contributed by atoms with Gasteiger partial charge in [-0.1, -0.05) is 0 Å². The van der Waals surface area contributed by atoms with E-state index in [0.29, 0.717) is 5.92 Å². The normalized spacial score (nSPS) is 16.8. The summed E-state index contributed by atoms with van der Waals surface area (Å²) in [6.07, 6.45) is 5.08. The van der Waals surface area contributed by atoms with Crippen LogP contribution in [-0.2, 0) is 19.9 Å². The van der Waals surface area contributed by atoms with Crippen LogP contribution in [0.4, 0.5) is 11.6 Å². The molecule has 0 aromatic carbocycles. The Morgan fingerprint density at radius 1 is 1.15 bits per heavy atom. The Labute approximate surface area is 152 Å². The van der Waals surface area contributed by atoms with Crippen molar-refractivity contribution in [1.82, 2.24) is 24.7 Å². The summed E-state index contributed by atoms with van der Waals surface area (Å²) in [7, 11) is 2.06. The van der Waals surface area contributed by atoms with Gasteiger partial charge >= 0.3 is 0 Å². The van der Waals surface area contributed by atoms with E-state index in [2.05, 4.69) is 61.1 Å². The summed E-state index contributed by atoms with van der Waals surface area (Å²) in [6, 6.07) is 4.33. The maximum atomic E-state index is 4.45. The molecule has 1 aliphatic carbocycles. The van der Waals surface area contributed by atoms with Crippen LogP contribution in [0.3, 0.4) is 0 Å². The van der Waals surface area contributed by atoms with Crippen LogP contribution < -0.4 is 10.2 Å². The molecular formula is C19H23N7. The van der Waals surface area contributed by atoms with Crippen molar-refractivity contribution in [2.75, 3.05) is 29.9 Å². The lowest BCUT2D eigenvalue weighted by atomic mass is 10.00. The summed E-state index contributed by atoms with van der Waals surface area (Å²) in [5.74, 6) is 2.54. The van der Waals surface area contributed by atoms with Crippen LogP contribution in [0.1, 0.15) is 23.4 Å². The second-order valence-corrected chi connectivity index (χ2v) is 7.48. The highest BCUT2D eigenvalue weighted by Gasteiger charge is 2.29. The van der Waals surface area contributed by atoms with Gasteiger partial charge in [0.05, 0.1) is 11.2 Å². The molecule has 4 heterocycles. The number of hydrogen-bond acceptors (Lipinski definition) is 6. The molecule has 0 atom stereocenters. The molecule has 26 heavy (non-hydrogen) atoms. The van der Waals surface area contributed by atoms with Crippen molar-refractivity contribution in [2.24, 2.45) is 13.0 Å². The molecule has 7 nitrogen and oxygen atoms in total. The molecule has 7 heteroatoms. The third kappa shape index (κ3) is 2.50. The van der Waals surface area contributed by atoms with Crippen molar-refractivity contribution in [3.8, 4) is 0 Å². The van der Waals surface area contributed by atoms with Gasteiger partial charge in [-0.2, -0.15) is 5.10 Å². The molecule has 0 bridgehead atoms. The number of nitrogens with one attached hydrogen (secondary N) is 1. The first-order chi connectivity index (χ1) is 12.7. The van der Waals surface area contributed by atoms with Crippen LogP contribution in [0.25, 0.3) is 11.0 Å². The molecule has 0 radical (unpaired) electrons. The van der Waals surface area contributed by atoms with Gasteiger partial charge in [-0.25, -0.2) is 9.97 Å². The number of fused-ring (bicyclic) bond motifs is 2. The zero-order chi connectivity index (χ0) is 17.7. The highest BCUT2D eigenvalue weighted by Crippen LogP contribution is 2.28. The molecule has 0 amide bonds. The Morgan fingerprint density at radius 2 is 2.04 bits per heavy atom. The molecular weight excluding hydrogens is 326 g/mol. The van der Waals surface area contributed by atoms with E-state index in [1.165, 1.54) is 23.4 Å². The number of rotatable bonds is 4. The first kappa shape index (κ1) is 15.5. The Bertz CT molecular complexity index is 971. The number of aromatic nitrogens is 5. The van der Waals surface area contributed by atoms with Crippen molar-refractivity contribution < 1.29 is 0 Å². The molecule has 1 N–H and O–H groups in total. The fourth-order valence-corrected chi connectivity index (χ4v) is 4.03. The van der Waals surface area contributed by atoms with Crippen molar-refractivity contribution in [1.29, 1.82) is 0 Å². The maximum Gasteiger partial charge on any atom is 0.154 e. The SMILES string of the molecule is Cc1cc2ncnc(NCC3CN(c4cc5c(nn4)CCC5)C3)c2n1C. The predicted molar refractivity (Wildman–Crippen MR) is 101 cm³/mol. The largest absolute Gasteiger partial charge is 0.368 e. The maximum absolute atomic E-state index is 4.45. The number of aryl methyl sites for hydroxylation is 4. The van der Waals surface area contributed by atoms with Crippen LogP contribution in [0.15, 0.2) is 18.5 Å². The van der Waals surface area contributed by atoms with E-state index >= 15 is 0 Å². The molecule has 3 aromatic heterocycles. The van der Waals surface area contributed by atoms with E-state index in [1.54, 1.807) is 6.33 Å². The summed E-state index contributed by atoms with van der Waals surface area (Å²) >= 11 is 0. The molecule has 1 aliphatic heterocycles. The van der Waals surface area contributed by atoms with Crippen LogP contribution >= 0.6 is 0 Å². The Morgan fingerprint density at radius 3 is 2.92 bits per heavy atom. The van der Waals surface area contributed by atoms with Crippen molar-refractivity contribution in [3.63, 3.8) is 0 Å². The molecule has 2 aliphatic rings. The summed E-state index contributed by atoms with van der Waals surface area (Å²) < 4.78 is 2.14. The van der Waals surface area contributed by atoms with Crippen molar-refractivity contribution >= 4 is 22.7 Å². The van der Waals surface area contributed by atoms with Crippen LogP contribution in [0.2, 0.25) is 0 Å². The van der Waals surface area contributed by atoms with Gasteiger partial charge in [0, 0.05) is 38.3 Å². The lowest BCUT2D eigenvalue weighted by Gasteiger charge is -2.40. The minimum atomic E-state index is 0.594. The first-order valence-corrected chi connectivity index (χ1v) is 9.30. The zero-order valence-electron chi connectivity index (χ0n) is 15.2. The lowest BCUT2D eigenvalue weighted by molar-refractivity contribution is 0.425. The zero-order valence-corrected chi connectivity index (χ0v) is 15.2. The van der Waals surface area contributed by atoms with Gasteiger partial charge in [0.2, 0.25) is 0 Å². The second-order valence-electron chi connectivity index (χ2n) is 7.48. The Balaban J connectivity index is 1.23. The van der Waals surface area contributed by atoms with Gasteiger partial charge in [0.1, 0.15) is 11.8 Å². The molecule has 0 spiro atoms. The lowest BCUT2D eigenvalue weighted by Crippen LogP contribution is -2.50. The molecule has 1 fully saturated rings. The van der Waals surface area contributed by atoms with Crippen LogP contribution in [-0.4, -0.2) is 44.4 Å². The fourth-order valence-electron chi connectivity index (χ4n) is 4.03. The monoisotopic (exact) mass is 349 g/mol. The summed E-state index contributed by atoms with van der Waals surface area (Å²) in [6.45, 7) is 5.03. The molecule has 0 saturated carbocycles. The van der Waals surface area contributed by atoms with E-state index < -0.39 is 0 Å². The van der Waals surface area contributed by atoms with E-state index in [1.807, 2.05) is 0 Å². The van der Waals surface area contributed by atoms with Crippen molar-refractivity contribution in [2.45, 2.75) is 26.2 Å². The van der Waals surface area contributed by atoms with Gasteiger partial charge in [-0.15, -0.1) is 5.10 Å². The highest BCUT2D eigenvalue weighted by atomic mass is 15.3. The van der Waals surface area contributed by atoms with E-state index in [-0.39, 0.29) is 0 Å². The third-order valence-electron chi connectivity index (χ3n) is 5.71. The Kier molecular flexibility index (Phi) is 3.55. The molecule has 134 valence electrons. The fraction of sp³-hybridized carbons (Fsp3) is 0.474. The van der Waals surface area contributed by atoms with Gasteiger partial charge in [-0.3, -0.25) is 0 Å². The quantitative estimate of drug-likeness (QED) is 0.778. The number of hydrogen-bond donors (Lipinski definition) is 1. The minimum Gasteiger partial charge on any atom is -0.368 e. The molecule has 1 saturated heterocycles. The van der Waals surface area contributed by atoms with Crippen LogP contribution in [0, 0.1) is 12.8 Å². The van der Waals surface area contributed by atoms with E-state index in [9.17, 15) is 0 Å². The van der Waals surface area contributed by atoms with Crippen LogP contribution in [0.5, 0.6) is 0 Å². The minimum absolute atomic E-state index is 0.594. The molecule has 5 rings (SSSR count). The summed E-state index contributed by atoms with van der Waals surface area (Å²) in [4.78, 5) is 11.1. The Hall–Kier alpha value is -2.70. The average molecular weight is 349 g/mol. The topological polar surface area (TPSA) is 71.8 Å². The van der Waals surface area contributed by atoms with E-state index in [0.717, 1.165) is 55.1 Å². The van der Waals surface area contributed by atoms with E-state index in [4.69, 9.17) is 0 Å². The van der Waals surface area contributed by atoms with Gasteiger partial charge in [-0.05, 0) is 43.9 Å². The predicted octanol–water partition coefficient (Wildman–Crippen LogP) is 2.10. The van der Waals surface area contributed by atoms with Gasteiger partial charge < -0.3 is 14.8 Å².